The summed E-state index contributed by atoms with van der Waals surface area (Å²) >= 11 is 11.8. The summed E-state index contributed by atoms with van der Waals surface area (Å²) in [7, 11) is 1.42. The summed E-state index contributed by atoms with van der Waals surface area (Å²) < 4.78 is 41.6. The summed E-state index contributed by atoms with van der Waals surface area (Å²) in [6.45, 7) is 0. The Labute approximate surface area is 163 Å². The lowest BCUT2D eigenvalue weighted by molar-refractivity contribution is 0.0948. The summed E-state index contributed by atoms with van der Waals surface area (Å²) in [5.41, 5.74) is 0.331. The second kappa shape index (κ2) is 7.40. The van der Waals surface area contributed by atoms with Gasteiger partial charge in [-0.15, -0.1) is 0 Å². The maximum absolute atomic E-state index is 14.3. The number of aryl methyl sites for hydroxylation is 1. The van der Waals surface area contributed by atoms with Crippen molar-refractivity contribution in [3.05, 3.63) is 70.2 Å². The van der Waals surface area contributed by atoms with Crippen LogP contribution in [0.4, 0.5) is 13.2 Å². The average molecular weight is 416 g/mol. The molecule has 1 aromatic heterocycles. The van der Waals surface area contributed by atoms with Crippen molar-refractivity contribution in [1.29, 1.82) is 0 Å². The fraction of sp³-hybridized carbons (Fsp3) is 0.222. The van der Waals surface area contributed by atoms with Gasteiger partial charge >= 0.3 is 0 Å². The molecule has 0 spiro atoms. The van der Waals surface area contributed by atoms with Gasteiger partial charge in [0.1, 0.15) is 5.69 Å². The highest BCUT2D eigenvalue weighted by molar-refractivity contribution is 6.30. The summed E-state index contributed by atoms with van der Waals surface area (Å²) in [6.07, 6.45) is 0.499. The van der Waals surface area contributed by atoms with E-state index in [-0.39, 0.29) is 17.7 Å². The second-order valence-corrected chi connectivity index (χ2v) is 7.09. The van der Waals surface area contributed by atoms with Gasteiger partial charge in [0, 0.05) is 36.0 Å². The molecule has 0 aliphatic heterocycles. The Morgan fingerprint density at radius 3 is 2.81 bits per heavy atom. The van der Waals surface area contributed by atoms with Crippen molar-refractivity contribution in [2.24, 2.45) is 7.05 Å². The van der Waals surface area contributed by atoms with E-state index in [0.717, 1.165) is 10.8 Å². The molecule has 0 radical (unpaired) electrons. The first kappa shape index (κ1) is 19.5. The lowest BCUT2D eigenvalue weighted by Gasteiger charge is -2.24. The van der Waals surface area contributed by atoms with Crippen LogP contribution in [-0.4, -0.2) is 20.8 Å². The third kappa shape index (κ3) is 4.36. The van der Waals surface area contributed by atoms with Gasteiger partial charge in [-0.05, 0) is 23.8 Å². The smallest absolute Gasteiger partial charge is 0.282 e. The number of halogens is 5. The normalized spacial score (nSPS) is 19.7. The summed E-state index contributed by atoms with van der Waals surface area (Å²) in [5, 5.41) is 4.35. The molecule has 1 aliphatic rings. The molecular formula is C18H14Cl2F3N3O. The number of aromatic nitrogens is 2. The quantitative estimate of drug-likeness (QED) is 0.712. The molecule has 9 heteroatoms. The fourth-order valence-electron chi connectivity index (χ4n) is 2.78. The Bertz CT molecular complexity index is 951. The van der Waals surface area contributed by atoms with E-state index in [2.05, 4.69) is 10.4 Å². The molecule has 1 atom stereocenters. The van der Waals surface area contributed by atoms with Crippen LogP contribution in [-0.2, 0) is 7.05 Å². The SMILES string of the molecule is Cn1cc(C(=O)NC2=C(c3cccc(Cl)c3)C=CC(F)(Cl)C2)c(C(F)F)n1. The minimum atomic E-state index is -2.92. The number of carbonyl (C=O) groups excluding carboxylic acids is 1. The fourth-order valence-corrected chi connectivity index (χ4v) is 3.17. The van der Waals surface area contributed by atoms with Crippen LogP contribution in [0.5, 0.6) is 0 Å². The average Bonchev–Trinajstić information content (AvgIpc) is 2.96. The monoisotopic (exact) mass is 415 g/mol. The lowest BCUT2D eigenvalue weighted by Crippen LogP contribution is -2.29. The third-order valence-electron chi connectivity index (χ3n) is 3.94. The molecule has 3 rings (SSSR count). The van der Waals surface area contributed by atoms with Gasteiger partial charge < -0.3 is 5.32 Å². The summed E-state index contributed by atoms with van der Waals surface area (Å²) in [5.74, 6) is -0.823. The molecule has 0 saturated carbocycles. The second-order valence-electron chi connectivity index (χ2n) is 6.03. The van der Waals surface area contributed by atoms with Crippen molar-refractivity contribution in [1.82, 2.24) is 15.1 Å². The van der Waals surface area contributed by atoms with Gasteiger partial charge in [-0.2, -0.15) is 5.10 Å². The zero-order valence-corrected chi connectivity index (χ0v) is 15.5. The molecule has 4 nitrogen and oxygen atoms in total. The highest BCUT2D eigenvalue weighted by Crippen LogP contribution is 2.37. The van der Waals surface area contributed by atoms with Crippen LogP contribution >= 0.6 is 23.2 Å². The highest BCUT2D eigenvalue weighted by Gasteiger charge is 2.32. The van der Waals surface area contributed by atoms with E-state index in [1.54, 1.807) is 24.3 Å². The Morgan fingerprint density at radius 2 is 2.15 bits per heavy atom. The largest absolute Gasteiger partial charge is 0.325 e. The number of alkyl halides is 4. The van der Waals surface area contributed by atoms with Gasteiger partial charge in [-0.3, -0.25) is 9.48 Å². The zero-order valence-electron chi connectivity index (χ0n) is 14.0. The van der Waals surface area contributed by atoms with Crippen LogP contribution in [0, 0.1) is 0 Å². The van der Waals surface area contributed by atoms with Crippen molar-refractivity contribution >= 4 is 34.7 Å². The van der Waals surface area contributed by atoms with Crippen molar-refractivity contribution in [2.45, 2.75) is 18.0 Å². The van der Waals surface area contributed by atoms with Gasteiger partial charge in [-0.25, -0.2) is 13.2 Å². The minimum Gasteiger partial charge on any atom is -0.325 e. The molecule has 1 aliphatic carbocycles. The number of carbonyl (C=O) groups is 1. The van der Waals surface area contributed by atoms with E-state index in [0.29, 0.717) is 16.2 Å². The predicted molar refractivity (Wildman–Crippen MR) is 97.5 cm³/mol. The molecule has 1 unspecified atom stereocenters. The zero-order chi connectivity index (χ0) is 19.8. The molecule has 0 fully saturated rings. The minimum absolute atomic E-state index is 0.159. The first-order valence-electron chi connectivity index (χ1n) is 7.85. The number of nitrogens with one attached hydrogen (secondary N) is 1. The molecule has 1 amide bonds. The van der Waals surface area contributed by atoms with Crippen molar-refractivity contribution in [3.8, 4) is 0 Å². The topological polar surface area (TPSA) is 46.9 Å². The molecule has 27 heavy (non-hydrogen) atoms. The van der Waals surface area contributed by atoms with E-state index < -0.39 is 23.2 Å². The van der Waals surface area contributed by atoms with Crippen LogP contribution in [0.25, 0.3) is 5.57 Å². The summed E-state index contributed by atoms with van der Waals surface area (Å²) in [6, 6.07) is 6.74. The standard InChI is InChI=1S/C18H14Cl2F3N3O/c1-26-9-13(15(25-26)16(21)22)17(27)24-14-8-18(20,23)6-5-12(14)10-3-2-4-11(19)7-10/h2-7,9,16H,8H2,1H3,(H,24,27). The van der Waals surface area contributed by atoms with Crippen LogP contribution in [0.2, 0.25) is 5.02 Å². The number of nitrogens with zero attached hydrogens (tertiary/aromatic N) is 2. The van der Waals surface area contributed by atoms with E-state index in [1.807, 2.05) is 0 Å². The number of hydrogen-bond donors (Lipinski definition) is 1. The van der Waals surface area contributed by atoms with Crippen LogP contribution < -0.4 is 5.32 Å². The van der Waals surface area contributed by atoms with Crippen molar-refractivity contribution in [3.63, 3.8) is 0 Å². The molecule has 2 aromatic rings. The number of amides is 1. The van der Waals surface area contributed by atoms with Gasteiger partial charge in [0.2, 0.25) is 5.13 Å². The maximum atomic E-state index is 14.3. The summed E-state index contributed by atoms with van der Waals surface area (Å²) in [4.78, 5) is 12.6. The van der Waals surface area contributed by atoms with E-state index >= 15 is 0 Å². The maximum Gasteiger partial charge on any atom is 0.282 e. The van der Waals surface area contributed by atoms with Crippen LogP contribution in [0.1, 0.15) is 34.5 Å². The Hall–Kier alpha value is -2.25. The Kier molecular flexibility index (Phi) is 5.35. The predicted octanol–water partition coefficient (Wildman–Crippen LogP) is 5.02. The molecule has 1 aromatic carbocycles. The van der Waals surface area contributed by atoms with Gasteiger partial charge in [0.25, 0.3) is 12.3 Å². The van der Waals surface area contributed by atoms with E-state index in [9.17, 15) is 18.0 Å². The first-order valence-corrected chi connectivity index (χ1v) is 8.61. The van der Waals surface area contributed by atoms with Crippen LogP contribution in [0.3, 0.4) is 0 Å². The van der Waals surface area contributed by atoms with Gasteiger partial charge in [-0.1, -0.05) is 41.4 Å². The molecule has 1 heterocycles. The third-order valence-corrected chi connectivity index (χ3v) is 4.43. The lowest BCUT2D eigenvalue weighted by atomic mass is 9.95. The van der Waals surface area contributed by atoms with Crippen molar-refractivity contribution < 1.29 is 18.0 Å². The van der Waals surface area contributed by atoms with E-state index in [4.69, 9.17) is 23.2 Å². The van der Waals surface area contributed by atoms with Gasteiger partial charge in [0.15, 0.2) is 0 Å². The Balaban J connectivity index is 2.00. The van der Waals surface area contributed by atoms with Crippen LogP contribution in [0.15, 0.2) is 48.3 Å². The molecular weight excluding hydrogens is 402 g/mol. The molecule has 1 N–H and O–H groups in total. The highest BCUT2D eigenvalue weighted by atomic mass is 35.5. The number of allylic oxidation sites excluding steroid dienone is 4. The Morgan fingerprint density at radius 1 is 1.41 bits per heavy atom. The molecule has 0 saturated heterocycles. The van der Waals surface area contributed by atoms with E-state index in [1.165, 1.54) is 19.3 Å². The number of benzene rings is 1. The molecule has 142 valence electrons. The number of rotatable bonds is 4. The van der Waals surface area contributed by atoms with Gasteiger partial charge in [0.05, 0.1) is 5.56 Å². The number of hydrogen-bond acceptors (Lipinski definition) is 2. The molecule has 0 bridgehead atoms. The van der Waals surface area contributed by atoms with Crippen molar-refractivity contribution in [2.75, 3.05) is 0 Å². The first-order chi connectivity index (χ1) is 12.7.